The van der Waals surface area contributed by atoms with Gasteiger partial charge in [-0.2, -0.15) is 5.10 Å². The second-order valence-corrected chi connectivity index (χ2v) is 7.52. The number of rotatable bonds is 3. The van der Waals surface area contributed by atoms with E-state index >= 15 is 0 Å². The number of carbonyl (C=O) groups is 1. The normalized spacial score (nSPS) is 11.1. The van der Waals surface area contributed by atoms with Crippen molar-refractivity contribution in [3.8, 4) is 10.4 Å². The first-order valence-electron chi connectivity index (χ1n) is 8.66. The van der Waals surface area contributed by atoms with Crippen LogP contribution in [0.5, 0.6) is 0 Å². The summed E-state index contributed by atoms with van der Waals surface area (Å²) in [6.45, 7) is 0. The highest BCUT2D eigenvalue weighted by molar-refractivity contribution is 7.22. The average Bonchev–Trinajstić information content (AvgIpc) is 3.34. The Morgan fingerprint density at radius 1 is 1.04 bits per heavy atom. The molecule has 5 rings (SSSR count). The number of aromatic nitrogens is 3. The van der Waals surface area contributed by atoms with Gasteiger partial charge in [0.25, 0.3) is 5.91 Å². The van der Waals surface area contributed by atoms with Gasteiger partial charge < -0.3 is 11.1 Å². The molecule has 3 aromatic heterocycles. The molecule has 4 N–H and O–H groups in total. The number of thiophene rings is 1. The molecule has 0 saturated carbocycles. The minimum Gasteiger partial charge on any atom is -0.384 e. The number of H-pyrrole nitrogens is 1. The molecule has 3 heterocycles. The number of nitrogens with zero attached hydrogens (tertiary/aromatic N) is 2. The molecule has 7 heteroatoms. The maximum atomic E-state index is 12.6. The number of benzene rings is 2. The summed E-state index contributed by atoms with van der Waals surface area (Å²) in [6.07, 6.45) is 3.22. The van der Waals surface area contributed by atoms with Crippen molar-refractivity contribution < 1.29 is 4.79 Å². The highest BCUT2D eigenvalue weighted by Crippen LogP contribution is 2.38. The zero-order valence-corrected chi connectivity index (χ0v) is 15.5. The molecule has 0 aliphatic heterocycles. The number of hydrogen-bond acceptors (Lipinski definition) is 5. The van der Waals surface area contributed by atoms with Crippen molar-refractivity contribution in [2.24, 2.45) is 0 Å². The van der Waals surface area contributed by atoms with Crippen LogP contribution in [0.1, 0.15) is 10.4 Å². The molecule has 0 bridgehead atoms. The number of anilines is 2. The Balaban J connectivity index is 1.57. The molecule has 0 spiro atoms. The molecule has 0 atom stereocenters. The fourth-order valence-corrected chi connectivity index (χ4v) is 4.27. The molecule has 2 aromatic carbocycles. The lowest BCUT2D eigenvalue weighted by molar-refractivity contribution is 0.102. The van der Waals surface area contributed by atoms with Crippen molar-refractivity contribution in [1.82, 2.24) is 15.2 Å². The zero-order chi connectivity index (χ0) is 19.1. The van der Waals surface area contributed by atoms with Crippen LogP contribution in [0.4, 0.5) is 11.5 Å². The van der Waals surface area contributed by atoms with Crippen LogP contribution in [-0.4, -0.2) is 21.1 Å². The first-order chi connectivity index (χ1) is 13.7. The molecular weight excluding hydrogens is 370 g/mol. The van der Waals surface area contributed by atoms with Crippen molar-refractivity contribution in [2.75, 3.05) is 11.1 Å². The molecule has 136 valence electrons. The number of hydrogen-bond donors (Lipinski definition) is 3. The Bertz CT molecular complexity index is 1290. The molecule has 6 nitrogen and oxygen atoms in total. The second kappa shape index (κ2) is 6.47. The standard InChI is InChI=1S/C21H15N5OS/c22-19-6-5-13(10-23-19)21(27)25-15-7-14-11-24-26-20(14)16(9-15)18-8-12-3-1-2-4-17(12)28-18/h1-11H,(H2,22,23)(H,24,26)(H,25,27). The van der Waals surface area contributed by atoms with Crippen molar-refractivity contribution in [3.05, 3.63) is 72.6 Å². The van der Waals surface area contributed by atoms with Gasteiger partial charge in [-0.25, -0.2) is 4.98 Å². The summed E-state index contributed by atoms with van der Waals surface area (Å²) >= 11 is 1.71. The second-order valence-electron chi connectivity index (χ2n) is 6.43. The minimum atomic E-state index is -0.238. The van der Waals surface area contributed by atoms with Gasteiger partial charge in [-0.3, -0.25) is 9.89 Å². The molecule has 0 aliphatic carbocycles. The van der Waals surface area contributed by atoms with E-state index in [2.05, 4.69) is 38.7 Å². The minimum absolute atomic E-state index is 0.238. The number of nitrogen functional groups attached to an aromatic ring is 1. The maximum Gasteiger partial charge on any atom is 0.257 e. The van der Waals surface area contributed by atoms with Gasteiger partial charge in [0, 0.05) is 32.4 Å². The third-order valence-corrected chi connectivity index (χ3v) is 5.70. The van der Waals surface area contributed by atoms with E-state index in [1.165, 1.54) is 16.3 Å². The van der Waals surface area contributed by atoms with Crippen molar-refractivity contribution in [1.29, 1.82) is 0 Å². The third kappa shape index (κ3) is 2.87. The van der Waals surface area contributed by atoms with Crippen LogP contribution in [0.15, 0.2) is 67.0 Å². The summed E-state index contributed by atoms with van der Waals surface area (Å²) in [4.78, 5) is 17.7. The van der Waals surface area contributed by atoms with Crippen molar-refractivity contribution >= 4 is 49.7 Å². The molecular formula is C21H15N5OS. The van der Waals surface area contributed by atoms with Crippen molar-refractivity contribution in [3.63, 3.8) is 0 Å². The quantitative estimate of drug-likeness (QED) is 0.420. The van der Waals surface area contributed by atoms with Crippen LogP contribution in [-0.2, 0) is 0 Å². The fraction of sp³-hybridized carbons (Fsp3) is 0. The van der Waals surface area contributed by atoms with Crippen LogP contribution >= 0.6 is 11.3 Å². The third-order valence-electron chi connectivity index (χ3n) is 4.55. The SMILES string of the molecule is Nc1ccc(C(=O)Nc2cc(-c3cc4ccccc4s3)c3[nH]ncc3c2)cn1. The lowest BCUT2D eigenvalue weighted by Crippen LogP contribution is -2.12. The number of nitrogens with two attached hydrogens (primary N) is 1. The monoisotopic (exact) mass is 385 g/mol. The van der Waals surface area contributed by atoms with Gasteiger partial charge in [0.1, 0.15) is 5.82 Å². The largest absolute Gasteiger partial charge is 0.384 e. The lowest BCUT2D eigenvalue weighted by atomic mass is 10.1. The van der Waals surface area contributed by atoms with Gasteiger partial charge in [-0.1, -0.05) is 18.2 Å². The van der Waals surface area contributed by atoms with E-state index in [9.17, 15) is 4.79 Å². The summed E-state index contributed by atoms with van der Waals surface area (Å²) in [5, 5.41) is 12.3. The molecule has 0 saturated heterocycles. The number of nitrogens with one attached hydrogen (secondary N) is 2. The molecule has 0 aliphatic rings. The Morgan fingerprint density at radius 3 is 2.75 bits per heavy atom. The summed E-state index contributed by atoms with van der Waals surface area (Å²) in [6, 6.07) is 17.6. The Morgan fingerprint density at radius 2 is 1.93 bits per heavy atom. The fourth-order valence-electron chi connectivity index (χ4n) is 3.18. The van der Waals surface area contributed by atoms with Gasteiger partial charge in [-0.05, 0) is 41.8 Å². The van der Waals surface area contributed by atoms with Gasteiger partial charge in [-0.15, -0.1) is 11.3 Å². The number of amides is 1. The van der Waals surface area contributed by atoms with E-state index in [0.717, 1.165) is 21.3 Å². The van der Waals surface area contributed by atoms with Crippen LogP contribution < -0.4 is 11.1 Å². The summed E-state index contributed by atoms with van der Waals surface area (Å²) < 4.78 is 1.22. The topological polar surface area (TPSA) is 96.7 Å². The predicted molar refractivity (Wildman–Crippen MR) is 114 cm³/mol. The first kappa shape index (κ1) is 16.5. The highest BCUT2D eigenvalue weighted by Gasteiger charge is 2.13. The van der Waals surface area contributed by atoms with Gasteiger partial charge in [0.15, 0.2) is 0 Å². The van der Waals surface area contributed by atoms with E-state index < -0.39 is 0 Å². The number of pyridine rings is 1. The summed E-state index contributed by atoms with van der Waals surface area (Å²) in [7, 11) is 0. The molecule has 0 unspecified atom stereocenters. The van der Waals surface area contributed by atoms with Crippen LogP contribution in [0.25, 0.3) is 31.4 Å². The van der Waals surface area contributed by atoms with E-state index in [0.29, 0.717) is 17.1 Å². The highest BCUT2D eigenvalue weighted by atomic mass is 32.1. The zero-order valence-electron chi connectivity index (χ0n) is 14.6. The van der Waals surface area contributed by atoms with Crippen LogP contribution in [0, 0.1) is 0 Å². The lowest BCUT2D eigenvalue weighted by Gasteiger charge is -2.08. The Hall–Kier alpha value is -3.71. The van der Waals surface area contributed by atoms with Gasteiger partial charge in [0.05, 0.1) is 17.3 Å². The van der Waals surface area contributed by atoms with Crippen LogP contribution in [0.3, 0.4) is 0 Å². The predicted octanol–water partition coefficient (Wildman–Crippen LogP) is 4.67. The maximum absolute atomic E-state index is 12.6. The molecule has 1 amide bonds. The average molecular weight is 385 g/mol. The van der Waals surface area contributed by atoms with Gasteiger partial charge >= 0.3 is 0 Å². The molecule has 5 aromatic rings. The first-order valence-corrected chi connectivity index (χ1v) is 9.48. The molecule has 0 fully saturated rings. The Labute approximate surface area is 164 Å². The van der Waals surface area contributed by atoms with Crippen molar-refractivity contribution in [2.45, 2.75) is 0 Å². The van der Waals surface area contributed by atoms with E-state index in [-0.39, 0.29) is 5.91 Å². The molecule has 28 heavy (non-hydrogen) atoms. The smallest absolute Gasteiger partial charge is 0.257 e. The number of fused-ring (bicyclic) bond motifs is 2. The number of aromatic amines is 1. The van der Waals surface area contributed by atoms with Gasteiger partial charge in [0.2, 0.25) is 0 Å². The summed E-state index contributed by atoms with van der Waals surface area (Å²) in [5.74, 6) is 0.140. The van der Waals surface area contributed by atoms with E-state index in [1.54, 1.807) is 29.7 Å². The van der Waals surface area contributed by atoms with E-state index in [1.807, 2.05) is 24.3 Å². The summed E-state index contributed by atoms with van der Waals surface area (Å²) in [5.41, 5.74) is 8.69. The number of carbonyl (C=O) groups excluding carboxylic acids is 1. The molecule has 0 radical (unpaired) electrons. The van der Waals surface area contributed by atoms with E-state index in [4.69, 9.17) is 5.73 Å². The van der Waals surface area contributed by atoms with Crippen LogP contribution in [0.2, 0.25) is 0 Å². The Kier molecular flexibility index (Phi) is 3.80.